The lowest BCUT2D eigenvalue weighted by atomic mass is 10.2. The molecule has 1 aromatic heterocycles. The lowest BCUT2D eigenvalue weighted by Crippen LogP contribution is -2.22. The molecule has 3 nitrogen and oxygen atoms in total. The maximum absolute atomic E-state index is 12.2. The smallest absolute Gasteiger partial charge is 0.262 e. The Bertz CT molecular complexity index is 802. The van der Waals surface area contributed by atoms with E-state index in [9.17, 15) is 4.79 Å². The molecule has 3 aromatic rings. The van der Waals surface area contributed by atoms with Gasteiger partial charge < -0.3 is 10.1 Å². The zero-order valence-electron chi connectivity index (χ0n) is 12.2. The molecule has 0 radical (unpaired) electrons. The standard InChI is InChI=1S/C18H14BrNO2S/c19-15-10-11-23-17(15)18(21)20-12-13-6-4-5-9-16(13)22-14-7-2-1-3-8-14/h1-11H,12H2,(H,20,21). The zero-order chi connectivity index (χ0) is 16.1. The molecule has 2 aromatic carbocycles. The molecular formula is C18H14BrNO2S. The minimum atomic E-state index is -0.0959. The molecule has 0 saturated carbocycles. The predicted molar refractivity (Wildman–Crippen MR) is 96.1 cm³/mol. The first-order valence-corrected chi connectivity index (χ1v) is 8.73. The molecule has 0 bridgehead atoms. The summed E-state index contributed by atoms with van der Waals surface area (Å²) in [4.78, 5) is 12.9. The van der Waals surface area contributed by atoms with E-state index in [0.717, 1.165) is 21.5 Å². The number of hydrogen-bond donors (Lipinski definition) is 1. The average molecular weight is 388 g/mol. The van der Waals surface area contributed by atoms with E-state index in [4.69, 9.17) is 4.74 Å². The number of rotatable bonds is 5. The van der Waals surface area contributed by atoms with Crippen molar-refractivity contribution in [2.45, 2.75) is 6.54 Å². The quantitative estimate of drug-likeness (QED) is 0.650. The molecule has 23 heavy (non-hydrogen) atoms. The number of amides is 1. The van der Waals surface area contributed by atoms with Gasteiger partial charge >= 0.3 is 0 Å². The van der Waals surface area contributed by atoms with Crippen molar-refractivity contribution in [2.24, 2.45) is 0 Å². The molecule has 0 saturated heterocycles. The van der Waals surface area contributed by atoms with Crippen LogP contribution in [-0.2, 0) is 6.54 Å². The molecule has 0 atom stereocenters. The van der Waals surface area contributed by atoms with E-state index in [0.29, 0.717) is 11.4 Å². The third-order valence-electron chi connectivity index (χ3n) is 3.21. The number of halogens is 1. The molecule has 0 fully saturated rings. The molecule has 0 aliphatic carbocycles. The summed E-state index contributed by atoms with van der Waals surface area (Å²) in [6, 6.07) is 19.2. The highest BCUT2D eigenvalue weighted by molar-refractivity contribution is 9.10. The molecule has 0 unspecified atom stereocenters. The number of carbonyl (C=O) groups excluding carboxylic acids is 1. The number of para-hydroxylation sites is 2. The molecule has 0 aliphatic rings. The Balaban J connectivity index is 1.71. The van der Waals surface area contributed by atoms with Gasteiger partial charge in [-0.25, -0.2) is 0 Å². The van der Waals surface area contributed by atoms with Crippen LogP contribution in [0.15, 0.2) is 70.5 Å². The van der Waals surface area contributed by atoms with Crippen LogP contribution >= 0.6 is 27.3 Å². The number of thiophene rings is 1. The van der Waals surface area contributed by atoms with Gasteiger partial charge in [0.15, 0.2) is 0 Å². The molecule has 0 aliphatic heterocycles. The Kier molecular flexibility index (Phi) is 5.10. The van der Waals surface area contributed by atoms with Crippen molar-refractivity contribution in [3.63, 3.8) is 0 Å². The number of carbonyl (C=O) groups is 1. The van der Waals surface area contributed by atoms with Crippen LogP contribution in [0.25, 0.3) is 0 Å². The summed E-state index contributed by atoms with van der Waals surface area (Å²) < 4.78 is 6.71. The number of hydrogen-bond acceptors (Lipinski definition) is 3. The van der Waals surface area contributed by atoms with Crippen molar-refractivity contribution in [3.05, 3.63) is 81.0 Å². The van der Waals surface area contributed by atoms with Crippen LogP contribution in [0.2, 0.25) is 0 Å². The summed E-state index contributed by atoms with van der Waals surface area (Å²) in [5.41, 5.74) is 0.928. The average Bonchev–Trinajstić information content (AvgIpc) is 3.01. The van der Waals surface area contributed by atoms with Crippen molar-refractivity contribution < 1.29 is 9.53 Å². The fraction of sp³-hybridized carbons (Fsp3) is 0.0556. The second-order valence-corrected chi connectivity index (χ2v) is 6.57. The van der Waals surface area contributed by atoms with Gasteiger partial charge in [0.05, 0.1) is 0 Å². The number of ether oxygens (including phenoxy) is 1. The van der Waals surface area contributed by atoms with E-state index in [1.807, 2.05) is 66.0 Å². The van der Waals surface area contributed by atoms with Crippen LogP contribution in [-0.4, -0.2) is 5.91 Å². The summed E-state index contributed by atoms with van der Waals surface area (Å²) in [7, 11) is 0. The van der Waals surface area contributed by atoms with Gasteiger partial charge in [0.1, 0.15) is 16.4 Å². The van der Waals surface area contributed by atoms with E-state index < -0.39 is 0 Å². The molecule has 0 spiro atoms. The van der Waals surface area contributed by atoms with Crippen LogP contribution in [0.5, 0.6) is 11.5 Å². The summed E-state index contributed by atoms with van der Waals surface area (Å²) in [6.07, 6.45) is 0. The minimum Gasteiger partial charge on any atom is -0.457 e. The highest BCUT2D eigenvalue weighted by atomic mass is 79.9. The molecule has 116 valence electrons. The zero-order valence-corrected chi connectivity index (χ0v) is 14.6. The van der Waals surface area contributed by atoms with Crippen LogP contribution in [0.1, 0.15) is 15.2 Å². The van der Waals surface area contributed by atoms with Gasteiger partial charge in [-0.3, -0.25) is 4.79 Å². The molecule has 1 N–H and O–H groups in total. The Morgan fingerprint density at radius 1 is 1.04 bits per heavy atom. The second kappa shape index (κ2) is 7.44. The van der Waals surface area contributed by atoms with Gasteiger partial charge in [-0.15, -0.1) is 11.3 Å². The SMILES string of the molecule is O=C(NCc1ccccc1Oc1ccccc1)c1sccc1Br. The van der Waals surface area contributed by atoms with Crippen molar-refractivity contribution in [3.8, 4) is 11.5 Å². The van der Waals surface area contributed by atoms with Crippen LogP contribution < -0.4 is 10.1 Å². The van der Waals surface area contributed by atoms with Crippen molar-refractivity contribution >= 4 is 33.2 Å². The lowest BCUT2D eigenvalue weighted by Gasteiger charge is -2.11. The Morgan fingerprint density at radius 2 is 1.78 bits per heavy atom. The molecule has 5 heteroatoms. The van der Waals surface area contributed by atoms with Crippen molar-refractivity contribution in [2.75, 3.05) is 0 Å². The Labute approximate surface area is 147 Å². The molecular weight excluding hydrogens is 374 g/mol. The van der Waals surface area contributed by atoms with E-state index in [1.54, 1.807) is 0 Å². The minimum absolute atomic E-state index is 0.0959. The molecule has 1 heterocycles. The fourth-order valence-corrected chi connectivity index (χ4v) is 3.54. The first kappa shape index (κ1) is 15.8. The van der Waals surface area contributed by atoms with E-state index in [-0.39, 0.29) is 5.91 Å². The molecule has 3 rings (SSSR count). The Morgan fingerprint density at radius 3 is 2.52 bits per heavy atom. The normalized spacial score (nSPS) is 10.3. The highest BCUT2D eigenvalue weighted by Crippen LogP contribution is 2.26. The predicted octanol–water partition coefficient (Wildman–Crippen LogP) is 5.23. The third kappa shape index (κ3) is 4.00. The Hall–Kier alpha value is -2.11. The van der Waals surface area contributed by atoms with Gasteiger partial charge in [0, 0.05) is 16.6 Å². The van der Waals surface area contributed by atoms with Gasteiger partial charge in [0.25, 0.3) is 5.91 Å². The topological polar surface area (TPSA) is 38.3 Å². The van der Waals surface area contributed by atoms with Crippen LogP contribution in [0.4, 0.5) is 0 Å². The first-order chi connectivity index (χ1) is 11.2. The second-order valence-electron chi connectivity index (χ2n) is 4.80. The number of benzene rings is 2. The van der Waals surface area contributed by atoms with E-state index in [2.05, 4.69) is 21.2 Å². The van der Waals surface area contributed by atoms with Gasteiger partial charge in [-0.2, -0.15) is 0 Å². The number of nitrogens with one attached hydrogen (secondary N) is 1. The lowest BCUT2D eigenvalue weighted by molar-refractivity contribution is 0.0954. The summed E-state index contributed by atoms with van der Waals surface area (Å²) in [5.74, 6) is 1.41. The van der Waals surface area contributed by atoms with E-state index >= 15 is 0 Å². The largest absolute Gasteiger partial charge is 0.457 e. The summed E-state index contributed by atoms with van der Waals surface area (Å²) >= 11 is 4.79. The van der Waals surface area contributed by atoms with E-state index in [1.165, 1.54) is 11.3 Å². The van der Waals surface area contributed by atoms with Gasteiger partial charge in [-0.05, 0) is 45.6 Å². The monoisotopic (exact) mass is 387 g/mol. The van der Waals surface area contributed by atoms with Crippen LogP contribution in [0, 0.1) is 0 Å². The van der Waals surface area contributed by atoms with Crippen molar-refractivity contribution in [1.82, 2.24) is 5.32 Å². The maximum atomic E-state index is 12.2. The fourth-order valence-electron chi connectivity index (χ4n) is 2.08. The summed E-state index contributed by atoms with van der Waals surface area (Å²) in [6.45, 7) is 0.409. The highest BCUT2D eigenvalue weighted by Gasteiger charge is 2.12. The third-order valence-corrected chi connectivity index (χ3v) is 5.04. The van der Waals surface area contributed by atoms with Gasteiger partial charge in [-0.1, -0.05) is 36.4 Å². The molecule has 1 amide bonds. The van der Waals surface area contributed by atoms with Gasteiger partial charge in [0.2, 0.25) is 0 Å². The first-order valence-electron chi connectivity index (χ1n) is 7.06. The van der Waals surface area contributed by atoms with Crippen LogP contribution in [0.3, 0.4) is 0 Å². The van der Waals surface area contributed by atoms with Crippen molar-refractivity contribution in [1.29, 1.82) is 0 Å². The summed E-state index contributed by atoms with van der Waals surface area (Å²) in [5, 5.41) is 4.81. The maximum Gasteiger partial charge on any atom is 0.262 e.